The summed E-state index contributed by atoms with van der Waals surface area (Å²) in [6.07, 6.45) is -4.51. The molecule has 2 N–H and O–H groups in total. The number of aromatic nitrogens is 2. The predicted octanol–water partition coefficient (Wildman–Crippen LogP) is 2.23. The van der Waals surface area contributed by atoms with Crippen molar-refractivity contribution in [2.24, 2.45) is 5.92 Å². The van der Waals surface area contributed by atoms with Crippen LogP contribution in [0.4, 0.5) is 18.9 Å². The molecule has 1 aromatic heterocycles. The number of para-hydroxylation sites is 2. The van der Waals surface area contributed by atoms with Crippen molar-refractivity contribution in [2.75, 3.05) is 18.6 Å². The lowest BCUT2D eigenvalue weighted by atomic mass is 9.86. The van der Waals surface area contributed by atoms with Crippen molar-refractivity contribution >= 4 is 17.5 Å². The van der Waals surface area contributed by atoms with E-state index >= 15 is 0 Å². The first-order chi connectivity index (χ1) is 13.8. The number of halogens is 3. The molecule has 10 heteroatoms. The number of anilines is 1. The lowest BCUT2D eigenvalue weighted by Gasteiger charge is -2.24. The zero-order valence-electron chi connectivity index (χ0n) is 15.5. The Bertz CT molecular complexity index is 956. The molecule has 0 spiro atoms. The van der Waals surface area contributed by atoms with E-state index < -0.39 is 24.0 Å². The predicted molar refractivity (Wildman–Crippen MR) is 96.8 cm³/mol. The number of benzene rings is 1. The largest absolute Gasteiger partial charge is 0.489 e. The Hall–Kier alpha value is -3.04. The van der Waals surface area contributed by atoms with E-state index in [1.807, 2.05) is 0 Å². The molecule has 2 heterocycles. The van der Waals surface area contributed by atoms with Gasteiger partial charge in [0.1, 0.15) is 18.4 Å². The minimum absolute atomic E-state index is 0.0439. The smallest absolute Gasteiger partial charge is 0.392 e. The van der Waals surface area contributed by atoms with Crippen molar-refractivity contribution in [1.29, 1.82) is 0 Å². The summed E-state index contributed by atoms with van der Waals surface area (Å²) in [4.78, 5) is 26.9. The van der Waals surface area contributed by atoms with Gasteiger partial charge in [0.2, 0.25) is 0 Å². The first-order valence-electron chi connectivity index (χ1n) is 9.18. The van der Waals surface area contributed by atoms with E-state index in [0.717, 1.165) is 0 Å². The maximum absolute atomic E-state index is 13.1. The van der Waals surface area contributed by atoms with Gasteiger partial charge in [-0.15, -0.1) is 0 Å². The number of carbonyl (C=O) groups is 2. The molecule has 0 saturated carbocycles. The lowest BCUT2D eigenvalue weighted by Crippen LogP contribution is -2.49. The van der Waals surface area contributed by atoms with Gasteiger partial charge in [-0.3, -0.25) is 14.7 Å². The van der Waals surface area contributed by atoms with Gasteiger partial charge in [-0.25, -0.2) is 0 Å². The van der Waals surface area contributed by atoms with Gasteiger partial charge in [0.25, 0.3) is 11.8 Å². The summed E-state index contributed by atoms with van der Waals surface area (Å²) in [6, 6.07) is 5.97. The van der Waals surface area contributed by atoms with Crippen LogP contribution < -0.4 is 15.0 Å². The van der Waals surface area contributed by atoms with Crippen LogP contribution >= 0.6 is 0 Å². The highest BCUT2D eigenvalue weighted by molar-refractivity contribution is 6.03. The average molecular weight is 408 g/mol. The molecule has 0 fully saturated rings. The molecule has 4 rings (SSSR count). The quantitative estimate of drug-likeness (QED) is 0.798. The van der Waals surface area contributed by atoms with Crippen molar-refractivity contribution in [3.63, 3.8) is 0 Å². The normalized spacial score (nSPS) is 21.7. The third kappa shape index (κ3) is 3.54. The molecule has 1 aliphatic carbocycles. The molecule has 2 amide bonds. The van der Waals surface area contributed by atoms with Crippen LogP contribution in [0.25, 0.3) is 0 Å². The van der Waals surface area contributed by atoms with E-state index in [1.165, 1.54) is 4.90 Å². The van der Waals surface area contributed by atoms with Crippen molar-refractivity contribution in [3.05, 3.63) is 41.2 Å². The van der Waals surface area contributed by atoms with E-state index in [0.29, 0.717) is 17.1 Å². The third-order valence-electron chi connectivity index (χ3n) is 5.39. The van der Waals surface area contributed by atoms with Gasteiger partial charge in [0.15, 0.2) is 5.69 Å². The number of amides is 2. The molecule has 2 atom stereocenters. The number of nitrogens with zero attached hydrogens (tertiary/aromatic N) is 2. The Labute approximate surface area is 164 Å². The Morgan fingerprint density at radius 1 is 1.34 bits per heavy atom. The topological polar surface area (TPSA) is 87.3 Å². The summed E-state index contributed by atoms with van der Waals surface area (Å²) >= 11 is 0. The lowest BCUT2D eigenvalue weighted by molar-refractivity contribution is -0.177. The highest BCUT2D eigenvalue weighted by atomic mass is 19.4. The number of H-pyrrole nitrogens is 1. The second kappa shape index (κ2) is 7.09. The molecule has 0 bridgehead atoms. The highest BCUT2D eigenvalue weighted by Crippen LogP contribution is 2.37. The maximum atomic E-state index is 13.1. The van der Waals surface area contributed by atoms with Gasteiger partial charge in [0, 0.05) is 18.3 Å². The van der Waals surface area contributed by atoms with Gasteiger partial charge in [-0.05, 0) is 31.4 Å². The minimum atomic E-state index is -4.33. The van der Waals surface area contributed by atoms with E-state index in [1.54, 1.807) is 31.3 Å². The van der Waals surface area contributed by atoms with Gasteiger partial charge in [-0.2, -0.15) is 18.3 Å². The van der Waals surface area contributed by atoms with Gasteiger partial charge >= 0.3 is 6.18 Å². The summed E-state index contributed by atoms with van der Waals surface area (Å²) in [7, 11) is 1.57. The fourth-order valence-corrected chi connectivity index (χ4v) is 3.75. The molecular weight excluding hydrogens is 389 g/mol. The minimum Gasteiger partial charge on any atom is -0.489 e. The van der Waals surface area contributed by atoms with Crippen LogP contribution in [0.15, 0.2) is 24.3 Å². The highest BCUT2D eigenvalue weighted by Gasteiger charge is 2.43. The fourth-order valence-electron chi connectivity index (χ4n) is 3.75. The number of aryl methyl sites for hydroxylation is 1. The van der Waals surface area contributed by atoms with Crippen LogP contribution in [-0.4, -0.2) is 47.9 Å². The molecule has 29 heavy (non-hydrogen) atoms. The maximum Gasteiger partial charge on any atom is 0.392 e. The molecular formula is C19H19F3N4O3. The molecule has 1 aromatic carbocycles. The van der Waals surface area contributed by atoms with Crippen LogP contribution in [0.2, 0.25) is 0 Å². The number of alkyl halides is 3. The van der Waals surface area contributed by atoms with Gasteiger partial charge < -0.3 is 15.0 Å². The van der Waals surface area contributed by atoms with Crippen LogP contribution in [0, 0.1) is 5.92 Å². The number of aromatic amines is 1. The van der Waals surface area contributed by atoms with Crippen molar-refractivity contribution in [3.8, 4) is 5.75 Å². The van der Waals surface area contributed by atoms with Crippen LogP contribution in [0.3, 0.4) is 0 Å². The van der Waals surface area contributed by atoms with Gasteiger partial charge in [0.05, 0.1) is 11.6 Å². The molecule has 1 unspecified atom stereocenters. The number of rotatable bonds is 2. The average Bonchev–Trinajstić information content (AvgIpc) is 3.08. The summed E-state index contributed by atoms with van der Waals surface area (Å²) in [5, 5.41) is 9.14. The molecule has 0 saturated heterocycles. The third-order valence-corrected chi connectivity index (χ3v) is 5.39. The number of carbonyl (C=O) groups excluding carboxylic acids is 2. The molecule has 2 aliphatic rings. The van der Waals surface area contributed by atoms with Crippen LogP contribution in [-0.2, 0) is 17.6 Å². The second-order valence-corrected chi connectivity index (χ2v) is 7.21. The Kier molecular flexibility index (Phi) is 4.71. The molecule has 154 valence electrons. The van der Waals surface area contributed by atoms with E-state index in [-0.39, 0.29) is 43.0 Å². The summed E-state index contributed by atoms with van der Waals surface area (Å²) in [5.41, 5.74) is 1.25. The zero-order chi connectivity index (χ0) is 20.8. The Morgan fingerprint density at radius 3 is 2.86 bits per heavy atom. The monoisotopic (exact) mass is 408 g/mol. The van der Waals surface area contributed by atoms with E-state index in [4.69, 9.17) is 4.74 Å². The molecule has 0 radical (unpaired) electrons. The molecule has 7 nitrogen and oxygen atoms in total. The standard InChI is InChI=1S/C19H19F3N4O3/c1-26-14-4-2-3-5-15(14)29-9-13(18(26)28)23-17(27)16-11-8-10(19(20,21)22)6-7-12(11)24-25-16/h2-5,10,13H,6-9H2,1H3,(H,23,27)(H,24,25)/t10-,13?/m0/s1. The fraction of sp³-hybridized carbons (Fsp3) is 0.421. The molecule has 1 aliphatic heterocycles. The van der Waals surface area contributed by atoms with Crippen molar-refractivity contribution in [2.45, 2.75) is 31.5 Å². The first kappa shape index (κ1) is 19.3. The first-order valence-corrected chi connectivity index (χ1v) is 9.18. The van der Waals surface area contributed by atoms with Gasteiger partial charge in [-0.1, -0.05) is 12.1 Å². The zero-order valence-corrected chi connectivity index (χ0v) is 15.5. The van der Waals surface area contributed by atoms with E-state index in [9.17, 15) is 22.8 Å². The number of likely N-dealkylation sites (N-methyl/N-ethyl adjacent to an activating group) is 1. The number of hydrogen-bond donors (Lipinski definition) is 2. The second-order valence-electron chi connectivity index (χ2n) is 7.21. The Balaban J connectivity index is 1.53. The summed E-state index contributed by atoms with van der Waals surface area (Å²) in [5.74, 6) is -2.10. The van der Waals surface area contributed by atoms with E-state index in [2.05, 4.69) is 15.5 Å². The Morgan fingerprint density at radius 2 is 2.10 bits per heavy atom. The summed E-state index contributed by atoms with van der Waals surface area (Å²) < 4.78 is 45.0. The number of nitrogens with one attached hydrogen (secondary N) is 2. The number of hydrogen-bond acceptors (Lipinski definition) is 4. The number of ether oxygens (including phenoxy) is 1. The SMILES string of the molecule is CN1C(=O)C(NC(=O)c2n[nH]c3c2C[C@@H](C(F)(F)F)CC3)COc2ccccc21. The summed E-state index contributed by atoms with van der Waals surface area (Å²) in [6.45, 7) is -0.0935. The molecule has 2 aromatic rings. The van der Waals surface area contributed by atoms with Crippen molar-refractivity contribution < 1.29 is 27.5 Å². The van der Waals surface area contributed by atoms with Crippen LogP contribution in [0.5, 0.6) is 5.75 Å². The number of fused-ring (bicyclic) bond motifs is 2. The van der Waals surface area contributed by atoms with Crippen molar-refractivity contribution in [1.82, 2.24) is 15.5 Å². The van der Waals surface area contributed by atoms with Crippen LogP contribution in [0.1, 0.15) is 28.2 Å².